The summed E-state index contributed by atoms with van der Waals surface area (Å²) < 4.78 is 9.04. The molecular formula is C17H30BNO. The van der Waals surface area contributed by atoms with Gasteiger partial charge in [0.25, 0.3) is 0 Å². The molecule has 0 aliphatic carbocycles. The van der Waals surface area contributed by atoms with Crippen LogP contribution < -0.4 is 4.48 Å². The average Bonchev–Trinajstić information content (AvgIpc) is 2.50. The molecule has 0 N–H and O–H groups in total. The van der Waals surface area contributed by atoms with Gasteiger partial charge < -0.3 is 9.13 Å². The average molecular weight is 275 g/mol. The smallest absolute Gasteiger partial charge is 0.405 e. The molecule has 1 aromatic rings. The zero-order valence-electron chi connectivity index (χ0n) is 13.5. The molecule has 1 aromatic heterocycles. The van der Waals surface area contributed by atoms with Crippen molar-refractivity contribution in [1.82, 2.24) is 0 Å². The number of nitrogens with zero attached hydrogens (tertiary/aromatic N) is 1. The van der Waals surface area contributed by atoms with Crippen LogP contribution in [0.4, 0.5) is 0 Å². The molecule has 0 fully saturated rings. The van der Waals surface area contributed by atoms with Crippen LogP contribution in [0.2, 0.25) is 12.6 Å². The number of unbranched alkanes of at least 4 members (excludes halogenated alkanes) is 3. The molecule has 1 aliphatic rings. The largest absolute Gasteiger partial charge is 0.529 e. The Morgan fingerprint density at radius 3 is 2.65 bits per heavy atom. The summed E-state index contributed by atoms with van der Waals surface area (Å²) in [5.74, 6) is 0. The van der Waals surface area contributed by atoms with Crippen LogP contribution >= 0.6 is 0 Å². The summed E-state index contributed by atoms with van der Waals surface area (Å²) in [5, 5.41) is 0. The molecule has 0 saturated carbocycles. The maximum atomic E-state index is 6.60. The maximum absolute atomic E-state index is 6.60. The van der Waals surface area contributed by atoms with E-state index in [1.165, 1.54) is 37.8 Å². The molecular weight excluding hydrogens is 245 g/mol. The van der Waals surface area contributed by atoms with Gasteiger partial charge in [-0.25, -0.2) is 0 Å². The highest BCUT2D eigenvalue weighted by atomic mass is 16.5. The lowest BCUT2D eigenvalue weighted by molar-refractivity contribution is -0.581. The van der Waals surface area contributed by atoms with E-state index in [9.17, 15) is 0 Å². The van der Waals surface area contributed by atoms with Gasteiger partial charge in [0.1, 0.15) is 11.9 Å². The molecule has 0 amide bonds. The zero-order valence-corrected chi connectivity index (χ0v) is 13.5. The second-order valence-corrected chi connectivity index (χ2v) is 6.32. The summed E-state index contributed by atoms with van der Waals surface area (Å²) in [6.07, 6.45) is 12.5. The molecule has 0 bridgehead atoms. The van der Waals surface area contributed by atoms with Gasteiger partial charge in [0.05, 0.1) is 0 Å². The Labute approximate surface area is 124 Å². The number of pyridine rings is 1. The van der Waals surface area contributed by atoms with Gasteiger partial charge in [-0.15, -0.1) is 0 Å². The summed E-state index contributed by atoms with van der Waals surface area (Å²) in [4.78, 5) is 0. The summed E-state index contributed by atoms with van der Waals surface area (Å²) in [7, 11) is 0. The standard InChI is InChI=1S/C17H30BNO/c1-4-7-8-9-13-17-15-16-12-10-11-14-19(16)18(5-2,6-3)20-17/h10-12,14,17H,4-9,13,15H2,1-3H3. The Kier molecular flexibility index (Phi) is 5.65. The summed E-state index contributed by atoms with van der Waals surface area (Å²) in [5.41, 5.74) is 1.46. The van der Waals surface area contributed by atoms with Crippen molar-refractivity contribution in [3.63, 3.8) is 0 Å². The Morgan fingerprint density at radius 2 is 1.95 bits per heavy atom. The van der Waals surface area contributed by atoms with Crippen LogP contribution in [0.1, 0.15) is 58.6 Å². The van der Waals surface area contributed by atoms with E-state index in [1.54, 1.807) is 0 Å². The first-order valence-corrected chi connectivity index (χ1v) is 8.61. The van der Waals surface area contributed by atoms with Crippen LogP contribution in [0.15, 0.2) is 24.4 Å². The lowest BCUT2D eigenvalue weighted by Crippen LogP contribution is -2.71. The van der Waals surface area contributed by atoms with E-state index in [-0.39, 0.29) is 0 Å². The minimum Gasteiger partial charge on any atom is -0.529 e. The minimum atomic E-state index is -0.861. The van der Waals surface area contributed by atoms with E-state index in [0.29, 0.717) is 6.10 Å². The number of hydrogen-bond acceptors (Lipinski definition) is 1. The van der Waals surface area contributed by atoms with E-state index in [1.807, 2.05) is 0 Å². The predicted octanol–water partition coefficient (Wildman–Crippen LogP) is 4.22. The molecule has 112 valence electrons. The third-order valence-corrected chi connectivity index (χ3v) is 5.02. The van der Waals surface area contributed by atoms with Gasteiger partial charge in [0, 0.05) is 18.6 Å². The van der Waals surface area contributed by atoms with Crippen LogP contribution in [-0.2, 0) is 11.1 Å². The van der Waals surface area contributed by atoms with E-state index in [0.717, 1.165) is 19.1 Å². The molecule has 2 rings (SSSR count). The van der Waals surface area contributed by atoms with E-state index < -0.39 is 6.48 Å². The SMILES string of the molecule is CCCCCCC1Cc2cccc[n+]2[B-](CC)(CC)O1. The second-order valence-electron chi connectivity index (χ2n) is 6.32. The molecule has 0 spiro atoms. The highest BCUT2D eigenvalue weighted by Gasteiger charge is 2.42. The number of fused-ring (bicyclic) bond motifs is 1. The molecule has 0 saturated heterocycles. The molecule has 20 heavy (non-hydrogen) atoms. The van der Waals surface area contributed by atoms with Gasteiger partial charge in [-0.1, -0.05) is 65.2 Å². The lowest BCUT2D eigenvalue weighted by atomic mass is 9.45. The van der Waals surface area contributed by atoms with Crippen molar-refractivity contribution in [1.29, 1.82) is 0 Å². The first kappa shape index (κ1) is 15.6. The molecule has 2 nitrogen and oxygen atoms in total. The van der Waals surface area contributed by atoms with Gasteiger partial charge in [-0.05, 0) is 12.5 Å². The molecule has 1 atom stereocenters. The van der Waals surface area contributed by atoms with Crippen LogP contribution in [0.25, 0.3) is 0 Å². The second kappa shape index (κ2) is 7.26. The molecule has 1 unspecified atom stereocenters. The fourth-order valence-corrected chi connectivity index (χ4v) is 3.67. The van der Waals surface area contributed by atoms with Crippen LogP contribution in [0.3, 0.4) is 0 Å². The van der Waals surface area contributed by atoms with Crippen molar-refractivity contribution in [2.45, 2.75) is 78.0 Å². The van der Waals surface area contributed by atoms with Crippen LogP contribution in [0.5, 0.6) is 0 Å². The van der Waals surface area contributed by atoms with Crippen molar-refractivity contribution in [3.05, 3.63) is 30.1 Å². The Morgan fingerprint density at radius 1 is 1.15 bits per heavy atom. The topological polar surface area (TPSA) is 13.1 Å². The Bertz CT molecular complexity index is 417. The summed E-state index contributed by atoms with van der Waals surface area (Å²) in [6.45, 7) is 5.95. The molecule has 1 aliphatic heterocycles. The molecule has 3 heteroatoms. The van der Waals surface area contributed by atoms with Crippen molar-refractivity contribution in [2.75, 3.05) is 0 Å². The third-order valence-electron chi connectivity index (χ3n) is 5.02. The maximum Gasteiger partial charge on any atom is 0.405 e. The van der Waals surface area contributed by atoms with Crippen molar-refractivity contribution in [3.8, 4) is 0 Å². The van der Waals surface area contributed by atoms with Crippen LogP contribution in [0, 0.1) is 0 Å². The zero-order chi connectivity index (χ0) is 14.4. The predicted molar refractivity (Wildman–Crippen MR) is 86.1 cm³/mol. The fraction of sp³-hybridized carbons (Fsp3) is 0.706. The number of aromatic nitrogens is 1. The summed E-state index contributed by atoms with van der Waals surface area (Å²) >= 11 is 0. The van der Waals surface area contributed by atoms with Gasteiger partial charge in [0.15, 0.2) is 0 Å². The van der Waals surface area contributed by atoms with Crippen molar-refractivity contribution >= 4 is 6.48 Å². The molecule has 2 heterocycles. The van der Waals surface area contributed by atoms with Gasteiger partial charge >= 0.3 is 6.48 Å². The van der Waals surface area contributed by atoms with Gasteiger partial charge in [-0.2, -0.15) is 0 Å². The monoisotopic (exact) mass is 275 g/mol. The minimum absolute atomic E-state index is 0.425. The van der Waals surface area contributed by atoms with Gasteiger partial charge in [0.2, 0.25) is 0 Å². The summed E-state index contributed by atoms with van der Waals surface area (Å²) in [6, 6.07) is 6.58. The Hall–Kier alpha value is -0.825. The normalized spacial score (nSPS) is 20.6. The van der Waals surface area contributed by atoms with E-state index >= 15 is 0 Å². The first-order valence-electron chi connectivity index (χ1n) is 8.61. The van der Waals surface area contributed by atoms with Crippen LogP contribution in [-0.4, -0.2) is 12.6 Å². The lowest BCUT2D eigenvalue weighted by Gasteiger charge is -2.42. The molecule has 0 radical (unpaired) electrons. The van der Waals surface area contributed by atoms with Crippen molar-refractivity contribution < 1.29 is 9.13 Å². The first-order chi connectivity index (χ1) is 9.75. The Balaban J connectivity index is 2.10. The van der Waals surface area contributed by atoms with E-state index in [4.69, 9.17) is 4.65 Å². The van der Waals surface area contributed by atoms with Gasteiger partial charge in [-0.3, -0.25) is 0 Å². The van der Waals surface area contributed by atoms with Crippen molar-refractivity contribution in [2.24, 2.45) is 0 Å². The van der Waals surface area contributed by atoms with E-state index in [2.05, 4.69) is 49.6 Å². The quantitative estimate of drug-likeness (QED) is 0.536. The number of rotatable bonds is 7. The molecule has 0 aromatic carbocycles. The highest BCUT2D eigenvalue weighted by molar-refractivity contribution is 6.65. The fourth-order valence-electron chi connectivity index (χ4n) is 3.67. The highest BCUT2D eigenvalue weighted by Crippen LogP contribution is 2.25. The third kappa shape index (κ3) is 3.25. The number of hydrogen-bond donors (Lipinski definition) is 0.